The highest BCUT2D eigenvalue weighted by atomic mass is 16.3. The number of aliphatic hydroxyl groups is 1. The number of aryl methyl sites for hydroxylation is 1. The Bertz CT molecular complexity index is 570. The van der Waals surface area contributed by atoms with Gasteiger partial charge in [0.25, 0.3) is 0 Å². The maximum Gasteiger partial charge on any atom is 0.0705 e. The normalized spacial score (nSPS) is 19.2. The number of rotatable bonds is 2. The van der Waals surface area contributed by atoms with Gasteiger partial charge in [-0.2, -0.15) is 0 Å². The van der Waals surface area contributed by atoms with Crippen molar-refractivity contribution in [1.29, 1.82) is 0 Å². The summed E-state index contributed by atoms with van der Waals surface area (Å²) < 4.78 is 0. The quantitative estimate of drug-likeness (QED) is 0.855. The van der Waals surface area contributed by atoms with Crippen LogP contribution in [0.4, 0.5) is 0 Å². The van der Waals surface area contributed by atoms with Gasteiger partial charge in [0, 0.05) is 16.5 Å². The summed E-state index contributed by atoms with van der Waals surface area (Å²) in [4.78, 5) is 4.50. The maximum absolute atomic E-state index is 9.90. The van der Waals surface area contributed by atoms with Crippen LogP contribution in [0.2, 0.25) is 0 Å². The van der Waals surface area contributed by atoms with Crippen LogP contribution in [0.3, 0.4) is 0 Å². The van der Waals surface area contributed by atoms with Crippen LogP contribution in [0.1, 0.15) is 31.0 Å². The molecule has 17 heavy (non-hydrogen) atoms. The molecule has 0 amide bonds. The molecule has 0 radical (unpaired) electrons. The first-order valence-electron chi connectivity index (χ1n) is 6.18. The Balaban J connectivity index is 2.11. The fraction of sp³-hybridized carbons (Fsp3) is 0.400. The van der Waals surface area contributed by atoms with Crippen LogP contribution in [0.25, 0.3) is 10.9 Å². The molecular weight excluding hydrogens is 210 g/mol. The first-order chi connectivity index (χ1) is 8.12. The van der Waals surface area contributed by atoms with Crippen LogP contribution in [-0.4, -0.2) is 16.2 Å². The molecule has 1 N–H and O–H groups in total. The lowest BCUT2D eigenvalue weighted by molar-refractivity contribution is 0.151. The van der Waals surface area contributed by atoms with Gasteiger partial charge >= 0.3 is 0 Å². The van der Waals surface area contributed by atoms with Crippen LogP contribution in [0, 0.1) is 6.92 Å². The lowest BCUT2D eigenvalue weighted by Gasteiger charge is -2.19. The van der Waals surface area contributed by atoms with Crippen LogP contribution in [-0.2, 0) is 5.41 Å². The second-order valence-electron chi connectivity index (χ2n) is 5.19. The van der Waals surface area contributed by atoms with Gasteiger partial charge in [0.05, 0.1) is 11.6 Å². The van der Waals surface area contributed by atoms with Crippen molar-refractivity contribution in [3.05, 3.63) is 41.6 Å². The fourth-order valence-electron chi connectivity index (χ4n) is 2.62. The monoisotopic (exact) mass is 227 g/mol. The Labute approximate surface area is 101 Å². The van der Waals surface area contributed by atoms with Crippen molar-refractivity contribution in [1.82, 2.24) is 4.98 Å². The number of fused-ring (bicyclic) bond motifs is 1. The van der Waals surface area contributed by atoms with Gasteiger partial charge in [-0.15, -0.1) is 0 Å². The minimum atomic E-state index is -0.265. The lowest BCUT2D eigenvalue weighted by Crippen LogP contribution is -2.22. The second kappa shape index (κ2) is 3.54. The first-order valence-corrected chi connectivity index (χ1v) is 6.18. The molecule has 2 heteroatoms. The molecule has 3 rings (SSSR count). The molecule has 0 bridgehead atoms. The van der Waals surface area contributed by atoms with E-state index in [0.29, 0.717) is 0 Å². The Hall–Kier alpha value is -1.41. The molecule has 2 aromatic rings. The first kappa shape index (κ1) is 10.7. The van der Waals surface area contributed by atoms with E-state index in [4.69, 9.17) is 0 Å². The molecule has 1 saturated carbocycles. The molecule has 1 fully saturated rings. The van der Waals surface area contributed by atoms with Crippen molar-refractivity contribution in [3.8, 4) is 0 Å². The van der Waals surface area contributed by atoms with Crippen molar-refractivity contribution in [2.24, 2.45) is 0 Å². The van der Waals surface area contributed by atoms with Gasteiger partial charge in [-0.1, -0.05) is 12.1 Å². The zero-order chi connectivity index (χ0) is 12.0. The summed E-state index contributed by atoms with van der Waals surface area (Å²) in [5, 5.41) is 11.1. The Morgan fingerprint density at radius 2 is 2.00 bits per heavy atom. The van der Waals surface area contributed by atoms with Crippen molar-refractivity contribution < 1.29 is 5.11 Å². The highest BCUT2D eigenvalue weighted by molar-refractivity contribution is 5.80. The van der Waals surface area contributed by atoms with Gasteiger partial charge < -0.3 is 5.11 Å². The lowest BCUT2D eigenvalue weighted by atomic mass is 9.90. The van der Waals surface area contributed by atoms with Crippen molar-refractivity contribution in [2.75, 3.05) is 0 Å². The van der Waals surface area contributed by atoms with E-state index in [-0.39, 0.29) is 11.5 Å². The van der Waals surface area contributed by atoms with E-state index in [1.165, 1.54) is 10.9 Å². The zero-order valence-corrected chi connectivity index (χ0v) is 10.3. The average Bonchev–Trinajstić information content (AvgIpc) is 3.09. The predicted molar refractivity (Wildman–Crippen MR) is 69.1 cm³/mol. The molecule has 0 aliphatic heterocycles. The SMILES string of the molecule is Cc1ccc2cc(C3(C(C)O)CC3)ccc2n1. The Kier molecular flexibility index (Phi) is 2.23. The molecule has 0 spiro atoms. The van der Waals surface area contributed by atoms with Crippen LogP contribution < -0.4 is 0 Å². The van der Waals surface area contributed by atoms with Gasteiger partial charge in [-0.25, -0.2) is 0 Å². The zero-order valence-electron chi connectivity index (χ0n) is 10.3. The molecule has 88 valence electrons. The molecule has 2 nitrogen and oxygen atoms in total. The number of hydrogen-bond donors (Lipinski definition) is 1. The van der Waals surface area contributed by atoms with E-state index in [1.54, 1.807) is 0 Å². The van der Waals surface area contributed by atoms with Gasteiger partial charge in [0.2, 0.25) is 0 Å². The van der Waals surface area contributed by atoms with E-state index < -0.39 is 0 Å². The van der Waals surface area contributed by atoms with E-state index in [2.05, 4.69) is 29.2 Å². The highest BCUT2D eigenvalue weighted by Gasteiger charge is 2.48. The van der Waals surface area contributed by atoms with E-state index in [1.807, 2.05) is 19.9 Å². The summed E-state index contributed by atoms with van der Waals surface area (Å²) in [6.45, 7) is 3.90. The Morgan fingerprint density at radius 1 is 1.24 bits per heavy atom. The van der Waals surface area contributed by atoms with Crippen molar-refractivity contribution in [2.45, 2.75) is 38.2 Å². The summed E-state index contributed by atoms with van der Waals surface area (Å²) in [6, 6.07) is 10.5. The summed E-state index contributed by atoms with van der Waals surface area (Å²) in [5.41, 5.74) is 3.35. The molecular formula is C15H17NO. The molecule has 1 aliphatic rings. The molecule has 1 unspecified atom stereocenters. The molecule has 1 atom stereocenters. The minimum absolute atomic E-state index is 0.0130. The highest BCUT2D eigenvalue weighted by Crippen LogP contribution is 2.51. The van der Waals surface area contributed by atoms with Crippen LogP contribution in [0.5, 0.6) is 0 Å². The largest absolute Gasteiger partial charge is 0.392 e. The topological polar surface area (TPSA) is 33.1 Å². The fourth-order valence-corrected chi connectivity index (χ4v) is 2.62. The number of benzene rings is 1. The van der Waals surface area contributed by atoms with Crippen LogP contribution in [0.15, 0.2) is 30.3 Å². The van der Waals surface area contributed by atoms with E-state index >= 15 is 0 Å². The Morgan fingerprint density at radius 3 is 2.65 bits per heavy atom. The second-order valence-corrected chi connectivity index (χ2v) is 5.19. The number of nitrogens with zero attached hydrogens (tertiary/aromatic N) is 1. The maximum atomic E-state index is 9.90. The number of aromatic nitrogens is 1. The molecule has 1 heterocycles. The summed E-state index contributed by atoms with van der Waals surface area (Å²) in [6.07, 6.45) is 1.92. The number of pyridine rings is 1. The third-order valence-electron chi connectivity index (χ3n) is 3.99. The smallest absolute Gasteiger partial charge is 0.0705 e. The average molecular weight is 227 g/mol. The predicted octanol–water partition coefficient (Wildman–Crippen LogP) is 2.96. The number of aliphatic hydroxyl groups excluding tert-OH is 1. The van der Waals surface area contributed by atoms with Crippen LogP contribution >= 0.6 is 0 Å². The minimum Gasteiger partial charge on any atom is -0.392 e. The van der Waals surface area contributed by atoms with Gasteiger partial charge in [0.1, 0.15) is 0 Å². The number of hydrogen-bond acceptors (Lipinski definition) is 2. The molecule has 1 aliphatic carbocycles. The van der Waals surface area contributed by atoms with Gasteiger partial charge in [0.15, 0.2) is 0 Å². The summed E-state index contributed by atoms with van der Waals surface area (Å²) in [5.74, 6) is 0. The van der Waals surface area contributed by atoms with Crippen molar-refractivity contribution in [3.63, 3.8) is 0 Å². The molecule has 1 aromatic carbocycles. The van der Waals surface area contributed by atoms with Gasteiger partial charge in [-0.3, -0.25) is 4.98 Å². The third-order valence-corrected chi connectivity index (χ3v) is 3.99. The summed E-state index contributed by atoms with van der Waals surface area (Å²) in [7, 11) is 0. The third kappa shape index (κ3) is 1.64. The molecule has 0 saturated heterocycles. The molecule has 1 aromatic heterocycles. The summed E-state index contributed by atoms with van der Waals surface area (Å²) >= 11 is 0. The van der Waals surface area contributed by atoms with E-state index in [9.17, 15) is 5.11 Å². The van der Waals surface area contributed by atoms with Gasteiger partial charge in [-0.05, 0) is 50.5 Å². The van der Waals surface area contributed by atoms with E-state index in [0.717, 1.165) is 24.1 Å². The standard InChI is InChI=1S/C15H17NO/c1-10-3-4-12-9-13(5-6-14(12)16-10)15(7-8-15)11(2)17/h3-6,9,11,17H,7-8H2,1-2H3. The van der Waals surface area contributed by atoms with Crippen molar-refractivity contribution >= 4 is 10.9 Å².